The molecule has 4 heteroatoms. The molecule has 1 fully saturated rings. The van der Waals surface area contributed by atoms with Crippen molar-refractivity contribution in [2.45, 2.75) is 25.8 Å². The summed E-state index contributed by atoms with van der Waals surface area (Å²) in [7, 11) is 0. The summed E-state index contributed by atoms with van der Waals surface area (Å²) in [5, 5.41) is 8.44. The second-order valence-corrected chi connectivity index (χ2v) is 3.89. The number of hydrogen-bond acceptors (Lipinski definition) is 2. The number of urea groups is 1. The maximum atomic E-state index is 11.3. The number of carbonyl (C=O) groups excluding carboxylic acids is 1. The normalized spacial score (nSPS) is 25.9. The Morgan fingerprint density at radius 1 is 1.67 bits per heavy atom. The monoisotopic (exact) mass is 205 g/mol. The fourth-order valence-corrected chi connectivity index (χ4v) is 1.65. The summed E-state index contributed by atoms with van der Waals surface area (Å²) in [4.78, 5) is 11.3. The maximum Gasteiger partial charge on any atom is 0.338 e. The first kappa shape index (κ1) is 9.96. The minimum absolute atomic E-state index is 0.106. The van der Waals surface area contributed by atoms with Crippen molar-refractivity contribution in [1.29, 1.82) is 0 Å². The zero-order valence-corrected chi connectivity index (χ0v) is 8.81. The molecule has 1 aliphatic heterocycles. The molecule has 0 unspecified atom stereocenters. The van der Waals surface area contributed by atoms with E-state index in [0.717, 1.165) is 12.8 Å². The molecule has 1 heterocycles. The highest BCUT2D eigenvalue weighted by Gasteiger charge is 2.24. The van der Waals surface area contributed by atoms with Crippen LogP contribution in [0.2, 0.25) is 0 Å². The van der Waals surface area contributed by atoms with Gasteiger partial charge in [-0.25, -0.2) is 9.80 Å². The van der Waals surface area contributed by atoms with E-state index in [-0.39, 0.29) is 12.1 Å². The molecule has 1 saturated heterocycles. The van der Waals surface area contributed by atoms with Crippen molar-refractivity contribution >= 4 is 12.2 Å². The fourth-order valence-electron chi connectivity index (χ4n) is 1.65. The van der Waals surface area contributed by atoms with Gasteiger partial charge in [-0.05, 0) is 25.3 Å². The van der Waals surface area contributed by atoms with Gasteiger partial charge >= 0.3 is 6.03 Å². The standard InChI is InChI=1S/C11H15N3O/c1-9-8-14(11(15)13-9)12-7-10-5-3-2-4-6-10/h2-3,5,7,9H,4,6,8H2,1H3,(H,13,15)/b12-7+/t9-/m1/s1. The molecule has 0 aromatic heterocycles. The lowest BCUT2D eigenvalue weighted by atomic mass is 10.1. The summed E-state index contributed by atoms with van der Waals surface area (Å²) in [5.41, 5.74) is 1.17. The van der Waals surface area contributed by atoms with Crippen LogP contribution in [0, 0.1) is 0 Å². The summed E-state index contributed by atoms with van der Waals surface area (Å²) < 4.78 is 0. The molecule has 0 bridgehead atoms. The van der Waals surface area contributed by atoms with E-state index in [4.69, 9.17) is 0 Å². The molecule has 0 aromatic rings. The second kappa shape index (κ2) is 4.29. The molecule has 1 aliphatic carbocycles. The molecule has 4 nitrogen and oxygen atoms in total. The Labute approximate surface area is 89.3 Å². The lowest BCUT2D eigenvalue weighted by Gasteiger charge is -2.07. The van der Waals surface area contributed by atoms with Gasteiger partial charge in [0.2, 0.25) is 0 Å². The molecule has 1 N–H and O–H groups in total. The molecule has 0 saturated carbocycles. The smallest absolute Gasteiger partial charge is 0.332 e. The summed E-state index contributed by atoms with van der Waals surface area (Å²) in [6.07, 6.45) is 10.0. The highest BCUT2D eigenvalue weighted by molar-refractivity contribution is 5.82. The van der Waals surface area contributed by atoms with Gasteiger partial charge in [0.1, 0.15) is 0 Å². The third-order valence-corrected chi connectivity index (χ3v) is 2.46. The molecule has 1 atom stereocenters. The van der Waals surface area contributed by atoms with E-state index in [2.05, 4.69) is 16.5 Å². The quantitative estimate of drug-likeness (QED) is 0.685. The van der Waals surface area contributed by atoms with E-state index >= 15 is 0 Å². The van der Waals surface area contributed by atoms with E-state index in [1.54, 1.807) is 6.21 Å². The number of hydrazone groups is 1. The Kier molecular flexibility index (Phi) is 2.85. The third kappa shape index (κ3) is 2.46. The molecule has 80 valence electrons. The minimum atomic E-state index is -0.106. The summed E-state index contributed by atoms with van der Waals surface area (Å²) in [6.45, 7) is 2.62. The molecule has 2 rings (SSSR count). The third-order valence-electron chi connectivity index (χ3n) is 2.46. The lowest BCUT2D eigenvalue weighted by molar-refractivity contribution is 0.219. The van der Waals surface area contributed by atoms with Gasteiger partial charge in [-0.15, -0.1) is 0 Å². The van der Waals surface area contributed by atoms with E-state index in [9.17, 15) is 4.79 Å². The first-order valence-electron chi connectivity index (χ1n) is 5.23. The van der Waals surface area contributed by atoms with Gasteiger partial charge in [0.15, 0.2) is 0 Å². The van der Waals surface area contributed by atoms with Crippen molar-refractivity contribution < 1.29 is 4.79 Å². The Hall–Kier alpha value is -1.58. The van der Waals surface area contributed by atoms with E-state index in [1.165, 1.54) is 10.6 Å². The van der Waals surface area contributed by atoms with E-state index in [0.29, 0.717) is 6.54 Å². The van der Waals surface area contributed by atoms with Crippen LogP contribution in [0.25, 0.3) is 0 Å². The van der Waals surface area contributed by atoms with Crippen molar-refractivity contribution in [2.75, 3.05) is 6.54 Å². The van der Waals surface area contributed by atoms with Crippen LogP contribution >= 0.6 is 0 Å². The molecular formula is C11H15N3O. The number of amides is 2. The van der Waals surface area contributed by atoms with Crippen LogP contribution in [0.15, 0.2) is 28.9 Å². The average Bonchev–Trinajstić information content (AvgIpc) is 2.56. The molecule has 0 spiro atoms. The Balaban J connectivity index is 1.96. The zero-order valence-electron chi connectivity index (χ0n) is 8.81. The van der Waals surface area contributed by atoms with Crippen molar-refractivity contribution in [3.63, 3.8) is 0 Å². The van der Waals surface area contributed by atoms with Gasteiger partial charge in [-0.1, -0.05) is 18.2 Å². The van der Waals surface area contributed by atoms with Crippen LogP contribution < -0.4 is 5.32 Å². The van der Waals surface area contributed by atoms with Gasteiger partial charge in [-0.3, -0.25) is 0 Å². The number of nitrogens with zero attached hydrogens (tertiary/aromatic N) is 2. The van der Waals surface area contributed by atoms with Crippen LogP contribution in [-0.4, -0.2) is 29.8 Å². The van der Waals surface area contributed by atoms with Crippen LogP contribution in [0.3, 0.4) is 0 Å². The van der Waals surface area contributed by atoms with Crippen molar-refractivity contribution in [3.05, 3.63) is 23.8 Å². The van der Waals surface area contributed by atoms with Gasteiger partial charge in [0.25, 0.3) is 0 Å². The predicted molar refractivity (Wildman–Crippen MR) is 59.6 cm³/mol. The van der Waals surface area contributed by atoms with Crippen LogP contribution in [-0.2, 0) is 0 Å². The first-order valence-corrected chi connectivity index (χ1v) is 5.23. The van der Waals surface area contributed by atoms with Crippen molar-refractivity contribution in [2.24, 2.45) is 5.10 Å². The van der Waals surface area contributed by atoms with Crippen LogP contribution in [0.1, 0.15) is 19.8 Å². The minimum Gasteiger partial charge on any atom is -0.332 e. The number of allylic oxidation sites excluding steroid dienone is 4. The zero-order chi connectivity index (χ0) is 10.7. The topological polar surface area (TPSA) is 44.7 Å². The van der Waals surface area contributed by atoms with Gasteiger partial charge in [0, 0.05) is 6.04 Å². The predicted octanol–water partition coefficient (Wildman–Crippen LogP) is 1.66. The number of nitrogens with one attached hydrogen (secondary N) is 1. The van der Waals surface area contributed by atoms with E-state index < -0.39 is 0 Å². The lowest BCUT2D eigenvalue weighted by Crippen LogP contribution is -2.24. The molecule has 2 amide bonds. The maximum absolute atomic E-state index is 11.3. The van der Waals surface area contributed by atoms with Gasteiger partial charge in [0.05, 0.1) is 12.8 Å². The fraction of sp³-hybridized carbons (Fsp3) is 0.455. The molecule has 0 aromatic carbocycles. The second-order valence-electron chi connectivity index (χ2n) is 3.89. The first-order chi connectivity index (χ1) is 7.25. The van der Waals surface area contributed by atoms with Gasteiger partial charge < -0.3 is 5.32 Å². The molecule has 15 heavy (non-hydrogen) atoms. The van der Waals surface area contributed by atoms with Crippen LogP contribution in [0.5, 0.6) is 0 Å². The average molecular weight is 205 g/mol. The molecule has 2 aliphatic rings. The van der Waals surface area contributed by atoms with E-state index in [1.807, 2.05) is 19.1 Å². The number of carbonyl (C=O) groups is 1. The van der Waals surface area contributed by atoms with Crippen molar-refractivity contribution in [3.8, 4) is 0 Å². The Bertz CT molecular complexity index is 344. The largest absolute Gasteiger partial charge is 0.338 e. The van der Waals surface area contributed by atoms with Crippen LogP contribution in [0.4, 0.5) is 4.79 Å². The Morgan fingerprint density at radius 2 is 2.53 bits per heavy atom. The SMILES string of the molecule is C[C@@H]1CN(/N=C/C2=CC=CCC2)C(=O)N1. The highest BCUT2D eigenvalue weighted by Crippen LogP contribution is 2.10. The van der Waals surface area contributed by atoms with Gasteiger partial charge in [-0.2, -0.15) is 5.10 Å². The molecular weight excluding hydrogens is 190 g/mol. The number of hydrogen-bond donors (Lipinski definition) is 1. The number of rotatable bonds is 2. The molecule has 0 radical (unpaired) electrons. The summed E-state index contributed by atoms with van der Waals surface area (Å²) in [5.74, 6) is 0. The highest BCUT2D eigenvalue weighted by atomic mass is 16.2. The van der Waals surface area contributed by atoms with Crippen molar-refractivity contribution in [1.82, 2.24) is 10.3 Å². The summed E-state index contributed by atoms with van der Waals surface area (Å²) in [6, 6.07) is 0.0839. The summed E-state index contributed by atoms with van der Waals surface area (Å²) >= 11 is 0. The Morgan fingerprint density at radius 3 is 3.13 bits per heavy atom.